The van der Waals surface area contributed by atoms with E-state index in [9.17, 15) is 14.0 Å². The fourth-order valence-electron chi connectivity index (χ4n) is 2.62. The van der Waals surface area contributed by atoms with Crippen molar-refractivity contribution in [3.05, 3.63) is 72.0 Å². The fraction of sp³-hybridized carbons (Fsp3) is 0.190. The summed E-state index contributed by atoms with van der Waals surface area (Å²) in [6.07, 6.45) is 2.05. The van der Waals surface area contributed by atoms with Crippen molar-refractivity contribution in [1.82, 2.24) is 10.3 Å². The minimum absolute atomic E-state index is 0.175. The van der Waals surface area contributed by atoms with Gasteiger partial charge in [-0.25, -0.2) is 9.37 Å². The first-order valence-electron chi connectivity index (χ1n) is 8.94. The summed E-state index contributed by atoms with van der Waals surface area (Å²) >= 11 is 0. The number of nitrogens with one attached hydrogen (secondary N) is 2. The van der Waals surface area contributed by atoms with E-state index in [1.165, 1.54) is 12.1 Å². The lowest BCUT2D eigenvalue weighted by Crippen LogP contribution is -2.22. The second kappa shape index (κ2) is 8.94. The monoisotopic (exact) mass is 381 g/mol. The van der Waals surface area contributed by atoms with Gasteiger partial charge in [0.05, 0.1) is 6.20 Å². The highest BCUT2D eigenvalue weighted by molar-refractivity contribution is 5.97. The molecule has 2 N–H and O–H groups in total. The van der Waals surface area contributed by atoms with Gasteiger partial charge in [0.25, 0.3) is 5.91 Å². The third kappa shape index (κ3) is 5.03. The molecule has 2 amide bonds. The normalized spacial score (nSPS) is 10.5. The Balaban J connectivity index is 1.56. The Bertz CT molecular complexity index is 967. The van der Waals surface area contributed by atoms with E-state index in [-0.39, 0.29) is 24.1 Å². The molecule has 0 aliphatic carbocycles. The van der Waals surface area contributed by atoms with Gasteiger partial charge in [-0.1, -0.05) is 6.07 Å². The van der Waals surface area contributed by atoms with Crippen molar-refractivity contribution in [1.29, 1.82) is 0 Å². The number of nitrogens with zero attached hydrogens (tertiary/aromatic N) is 1. The molecule has 0 saturated heterocycles. The van der Waals surface area contributed by atoms with E-state index in [0.717, 1.165) is 0 Å². The molecule has 144 valence electrons. The molecule has 7 heteroatoms. The first-order valence-corrected chi connectivity index (χ1v) is 8.94. The first kappa shape index (κ1) is 19.3. The number of halogens is 1. The molecular weight excluding hydrogens is 361 g/mol. The van der Waals surface area contributed by atoms with Gasteiger partial charge in [0.2, 0.25) is 5.91 Å². The van der Waals surface area contributed by atoms with Crippen LogP contribution in [-0.4, -0.2) is 23.3 Å². The quantitative estimate of drug-likeness (QED) is 0.652. The lowest BCUT2D eigenvalue weighted by Gasteiger charge is -2.07. The van der Waals surface area contributed by atoms with Crippen LogP contribution in [0.3, 0.4) is 0 Å². The first-order chi connectivity index (χ1) is 13.5. The third-order valence-corrected chi connectivity index (χ3v) is 3.99. The van der Waals surface area contributed by atoms with E-state index in [1.54, 1.807) is 42.6 Å². The van der Waals surface area contributed by atoms with Crippen LogP contribution in [0.2, 0.25) is 0 Å². The van der Waals surface area contributed by atoms with Crippen LogP contribution in [0.25, 0.3) is 11.3 Å². The molecule has 0 spiro atoms. The van der Waals surface area contributed by atoms with Gasteiger partial charge in [-0.2, -0.15) is 0 Å². The molecule has 6 nitrogen and oxygen atoms in total. The maximum atomic E-state index is 13.0. The number of anilines is 1. The lowest BCUT2D eigenvalue weighted by atomic mass is 10.2. The molecule has 0 unspecified atom stereocenters. The second-order valence-corrected chi connectivity index (χ2v) is 6.11. The number of oxazole rings is 1. The molecular formula is C21H20FN3O3. The molecule has 0 fully saturated rings. The van der Waals surface area contributed by atoms with E-state index < -0.39 is 0 Å². The van der Waals surface area contributed by atoms with E-state index in [1.807, 2.05) is 6.92 Å². The van der Waals surface area contributed by atoms with Crippen LogP contribution in [0, 0.1) is 5.82 Å². The Labute approximate surface area is 161 Å². The average Bonchev–Trinajstić information content (AvgIpc) is 3.16. The van der Waals surface area contributed by atoms with Gasteiger partial charge in [0.1, 0.15) is 5.82 Å². The van der Waals surface area contributed by atoms with Crippen LogP contribution in [0.15, 0.2) is 59.1 Å². The summed E-state index contributed by atoms with van der Waals surface area (Å²) in [7, 11) is 0. The summed E-state index contributed by atoms with van der Waals surface area (Å²) in [5.41, 5.74) is 1.75. The maximum absolute atomic E-state index is 13.0. The third-order valence-electron chi connectivity index (χ3n) is 3.99. The van der Waals surface area contributed by atoms with Crippen molar-refractivity contribution < 1.29 is 18.4 Å². The van der Waals surface area contributed by atoms with Crippen LogP contribution in [0.1, 0.15) is 29.6 Å². The van der Waals surface area contributed by atoms with Crippen LogP contribution in [-0.2, 0) is 11.2 Å². The van der Waals surface area contributed by atoms with Crippen LogP contribution >= 0.6 is 0 Å². The van der Waals surface area contributed by atoms with E-state index in [2.05, 4.69) is 15.6 Å². The number of amides is 2. The summed E-state index contributed by atoms with van der Waals surface area (Å²) in [5, 5.41) is 5.48. The minimum atomic E-state index is -0.323. The summed E-state index contributed by atoms with van der Waals surface area (Å²) in [6, 6.07) is 12.6. The molecule has 1 heterocycles. The molecule has 0 bridgehead atoms. The Morgan fingerprint density at radius 1 is 1.14 bits per heavy atom. The highest BCUT2D eigenvalue weighted by Gasteiger charge is 2.11. The Hall–Kier alpha value is -3.48. The zero-order valence-corrected chi connectivity index (χ0v) is 15.4. The van der Waals surface area contributed by atoms with E-state index in [4.69, 9.17) is 4.42 Å². The fourth-order valence-corrected chi connectivity index (χ4v) is 2.62. The van der Waals surface area contributed by atoms with Gasteiger partial charge in [-0.15, -0.1) is 0 Å². The Kier molecular flexibility index (Phi) is 6.16. The van der Waals surface area contributed by atoms with Gasteiger partial charge in [-0.05, 0) is 49.4 Å². The molecule has 0 atom stereocenters. The summed E-state index contributed by atoms with van der Waals surface area (Å²) in [6.45, 7) is 2.37. The molecule has 2 aromatic carbocycles. The van der Waals surface area contributed by atoms with Crippen LogP contribution in [0.4, 0.5) is 10.1 Å². The molecule has 28 heavy (non-hydrogen) atoms. The zero-order chi connectivity index (χ0) is 19.9. The maximum Gasteiger partial charge on any atom is 0.251 e. The van der Waals surface area contributed by atoms with E-state index >= 15 is 0 Å². The minimum Gasteiger partial charge on any atom is -0.441 e. The number of hydrogen-bond acceptors (Lipinski definition) is 4. The van der Waals surface area contributed by atoms with Crippen LogP contribution < -0.4 is 10.6 Å². The predicted molar refractivity (Wildman–Crippen MR) is 103 cm³/mol. The van der Waals surface area contributed by atoms with Gasteiger partial charge in [0, 0.05) is 36.2 Å². The number of aromatic nitrogens is 1. The number of benzene rings is 2. The van der Waals surface area contributed by atoms with Crippen molar-refractivity contribution in [2.45, 2.75) is 19.8 Å². The SMILES string of the molecule is CCNC(=O)c1cccc(NC(=O)CCc2ncc(-c3ccc(F)cc3)o2)c1. The molecule has 0 radical (unpaired) electrons. The number of hydrogen-bond donors (Lipinski definition) is 2. The Morgan fingerprint density at radius 2 is 1.93 bits per heavy atom. The zero-order valence-electron chi connectivity index (χ0n) is 15.4. The largest absolute Gasteiger partial charge is 0.441 e. The standard InChI is InChI=1S/C21H20FN3O3/c1-2-23-21(27)15-4-3-5-17(12-15)25-19(26)10-11-20-24-13-18(28-20)14-6-8-16(22)9-7-14/h3-9,12-13H,2,10-11H2,1H3,(H,23,27)(H,25,26). The molecule has 3 rings (SSSR count). The number of carbonyl (C=O) groups is 2. The van der Waals surface area contributed by atoms with Crippen molar-refractivity contribution in [2.24, 2.45) is 0 Å². The molecule has 3 aromatic rings. The van der Waals surface area contributed by atoms with Gasteiger partial charge in [-0.3, -0.25) is 9.59 Å². The average molecular weight is 381 g/mol. The van der Waals surface area contributed by atoms with Gasteiger partial charge >= 0.3 is 0 Å². The van der Waals surface area contributed by atoms with Crippen LogP contribution in [0.5, 0.6) is 0 Å². The summed E-state index contributed by atoms with van der Waals surface area (Å²) in [4.78, 5) is 28.2. The van der Waals surface area contributed by atoms with Crippen molar-refractivity contribution in [3.8, 4) is 11.3 Å². The second-order valence-electron chi connectivity index (χ2n) is 6.11. The molecule has 0 saturated carbocycles. The smallest absolute Gasteiger partial charge is 0.251 e. The van der Waals surface area contributed by atoms with Crippen molar-refractivity contribution in [3.63, 3.8) is 0 Å². The number of carbonyl (C=O) groups excluding carboxylic acids is 2. The lowest BCUT2D eigenvalue weighted by molar-refractivity contribution is -0.116. The summed E-state index contributed by atoms with van der Waals surface area (Å²) < 4.78 is 18.6. The summed E-state index contributed by atoms with van der Waals surface area (Å²) in [5.74, 6) is 0.216. The van der Waals surface area contributed by atoms with E-state index in [0.29, 0.717) is 41.4 Å². The number of aryl methyl sites for hydroxylation is 1. The van der Waals surface area contributed by atoms with Crippen molar-refractivity contribution in [2.75, 3.05) is 11.9 Å². The molecule has 0 aliphatic heterocycles. The predicted octanol–water partition coefficient (Wildman–Crippen LogP) is 3.80. The Morgan fingerprint density at radius 3 is 2.68 bits per heavy atom. The highest BCUT2D eigenvalue weighted by atomic mass is 19.1. The molecule has 1 aromatic heterocycles. The van der Waals surface area contributed by atoms with Crippen molar-refractivity contribution >= 4 is 17.5 Å². The number of rotatable bonds is 7. The topological polar surface area (TPSA) is 84.2 Å². The highest BCUT2D eigenvalue weighted by Crippen LogP contribution is 2.21. The molecule has 0 aliphatic rings. The van der Waals surface area contributed by atoms with Gasteiger partial charge in [0.15, 0.2) is 11.7 Å². The van der Waals surface area contributed by atoms with Gasteiger partial charge < -0.3 is 15.1 Å².